The summed E-state index contributed by atoms with van der Waals surface area (Å²) in [5.41, 5.74) is 7.36. The standard InChI is InChI=1S/C29H34N6O3S/c1-29(2,3)38-28(37)34(5)20-12-9-15-35(17-20)26-23(32-4)22(18-13-14-18)21(16-30)27(33-26)39-24(25(31)36)19-10-7-6-8-11-19/h6-8,10-11,18,20,24H,9,12-15,17H2,1-3,5H3,(H2,31,36). The average molecular weight is 547 g/mol. The summed E-state index contributed by atoms with van der Waals surface area (Å²) >= 11 is 1.15. The van der Waals surface area contributed by atoms with E-state index in [2.05, 4.69) is 10.9 Å². The van der Waals surface area contributed by atoms with Gasteiger partial charge < -0.3 is 20.3 Å². The van der Waals surface area contributed by atoms with Gasteiger partial charge in [0.1, 0.15) is 27.8 Å². The molecule has 9 nitrogen and oxygen atoms in total. The molecule has 2 aromatic rings. The number of nitriles is 1. The topological polar surface area (TPSA) is 117 Å². The van der Waals surface area contributed by atoms with Crippen LogP contribution in [-0.2, 0) is 9.53 Å². The summed E-state index contributed by atoms with van der Waals surface area (Å²) in [7, 11) is 1.73. The molecule has 1 aliphatic heterocycles. The number of amides is 2. The molecule has 0 spiro atoms. The molecule has 4 rings (SSSR count). The highest BCUT2D eigenvalue weighted by molar-refractivity contribution is 8.00. The van der Waals surface area contributed by atoms with Crippen molar-refractivity contribution in [3.05, 3.63) is 58.4 Å². The van der Waals surface area contributed by atoms with Crippen LogP contribution in [0.1, 0.15) is 74.3 Å². The van der Waals surface area contributed by atoms with E-state index in [9.17, 15) is 14.9 Å². The number of rotatable bonds is 7. The number of hydrogen-bond acceptors (Lipinski definition) is 7. The Labute approximate surface area is 234 Å². The minimum absolute atomic E-state index is 0.110. The third-order valence-electron chi connectivity index (χ3n) is 6.88. The highest BCUT2D eigenvalue weighted by Gasteiger charge is 2.37. The minimum Gasteiger partial charge on any atom is -0.444 e. The number of nitrogens with two attached hydrogens (primary N) is 1. The van der Waals surface area contributed by atoms with Crippen LogP contribution in [-0.4, -0.2) is 53.7 Å². The van der Waals surface area contributed by atoms with E-state index in [1.165, 1.54) is 0 Å². The molecule has 39 heavy (non-hydrogen) atoms. The Kier molecular flexibility index (Phi) is 8.36. The second-order valence-electron chi connectivity index (χ2n) is 11.0. The van der Waals surface area contributed by atoms with Gasteiger partial charge in [0.2, 0.25) is 11.6 Å². The molecule has 204 valence electrons. The summed E-state index contributed by atoms with van der Waals surface area (Å²) in [5.74, 6) is 0.0725. The van der Waals surface area contributed by atoms with Crippen LogP contribution in [0.4, 0.5) is 16.3 Å². The predicted octanol–water partition coefficient (Wildman–Crippen LogP) is 5.54. The maximum absolute atomic E-state index is 12.8. The van der Waals surface area contributed by atoms with Gasteiger partial charge >= 0.3 is 6.09 Å². The molecule has 1 saturated carbocycles. The number of likely N-dealkylation sites (N-methyl/N-ethyl adjacent to an activating group) is 1. The smallest absolute Gasteiger partial charge is 0.410 e. The maximum Gasteiger partial charge on any atom is 0.410 e. The number of anilines is 1. The third kappa shape index (κ3) is 6.46. The van der Waals surface area contributed by atoms with Crippen LogP contribution < -0.4 is 10.6 Å². The van der Waals surface area contributed by atoms with Crippen LogP contribution >= 0.6 is 11.8 Å². The number of primary amides is 1. The zero-order chi connectivity index (χ0) is 28.3. The Morgan fingerprint density at radius 1 is 1.28 bits per heavy atom. The van der Waals surface area contributed by atoms with E-state index < -0.39 is 22.9 Å². The van der Waals surface area contributed by atoms with E-state index in [0.29, 0.717) is 40.7 Å². The summed E-state index contributed by atoms with van der Waals surface area (Å²) in [5, 5.41) is 9.85. The SMILES string of the molecule is [C-]#[N+]c1c(N2CCCC(N(C)C(=O)OC(C)(C)C)C2)nc(SC(C(N)=O)c2ccccc2)c(C#N)c1C1CC1. The molecule has 1 aromatic carbocycles. The van der Waals surface area contributed by atoms with E-state index in [1.54, 1.807) is 11.9 Å². The molecule has 0 radical (unpaired) electrons. The number of ether oxygens (including phenoxy) is 1. The lowest BCUT2D eigenvalue weighted by atomic mass is 10.0. The van der Waals surface area contributed by atoms with E-state index in [1.807, 2.05) is 56.0 Å². The molecule has 2 N–H and O–H groups in total. The van der Waals surface area contributed by atoms with E-state index >= 15 is 0 Å². The number of nitrogens with zero attached hydrogens (tertiary/aromatic N) is 5. The summed E-state index contributed by atoms with van der Waals surface area (Å²) in [4.78, 5) is 37.7. The van der Waals surface area contributed by atoms with Gasteiger partial charge in [0.25, 0.3) is 0 Å². The van der Waals surface area contributed by atoms with Crippen molar-refractivity contribution in [2.75, 3.05) is 25.0 Å². The lowest BCUT2D eigenvalue weighted by Gasteiger charge is -2.39. The van der Waals surface area contributed by atoms with Crippen LogP contribution in [0.5, 0.6) is 0 Å². The molecule has 1 saturated heterocycles. The molecule has 0 bridgehead atoms. The van der Waals surface area contributed by atoms with Gasteiger partial charge in [-0.3, -0.25) is 4.79 Å². The van der Waals surface area contributed by atoms with Crippen LogP contribution in [0.2, 0.25) is 0 Å². The lowest BCUT2D eigenvalue weighted by Crippen LogP contribution is -2.50. The number of benzene rings is 1. The number of hydrogen-bond donors (Lipinski definition) is 1. The Morgan fingerprint density at radius 3 is 2.54 bits per heavy atom. The molecule has 1 aliphatic carbocycles. The fourth-order valence-corrected chi connectivity index (χ4v) is 5.87. The molecule has 2 atom stereocenters. The average Bonchev–Trinajstić information content (AvgIpc) is 3.75. The van der Waals surface area contributed by atoms with Crippen LogP contribution in [0.15, 0.2) is 35.4 Å². The van der Waals surface area contributed by atoms with Gasteiger partial charge in [0.15, 0.2) is 0 Å². The maximum atomic E-state index is 12.8. The van der Waals surface area contributed by atoms with E-state index in [0.717, 1.165) is 43.0 Å². The molecule has 1 aromatic heterocycles. The van der Waals surface area contributed by atoms with Crippen molar-refractivity contribution in [2.45, 2.75) is 74.3 Å². The van der Waals surface area contributed by atoms with Crippen LogP contribution in [0.25, 0.3) is 4.85 Å². The van der Waals surface area contributed by atoms with E-state index in [-0.39, 0.29) is 12.0 Å². The molecule has 2 heterocycles. The molecule has 2 unspecified atom stereocenters. The summed E-state index contributed by atoms with van der Waals surface area (Å²) in [6.45, 7) is 14.7. The Hall–Kier alpha value is -3.76. The normalized spacial score (nSPS) is 18.0. The first-order valence-corrected chi connectivity index (χ1v) is 14.0. The summed E-state index contributed by atoms with van der Waals surface area (Å²) in [6, 6.07) is 11.3. The second kappa shape index (κ2) is 11.5. The molecular weight excluding hydrogens is 512 g/mol. The van der Waals surface area contributed by atoms with Gasteiger partial charge in [-0.15, -0.1) is 0 Å². The van der Waals surface area contributed by atoms with Gasteiger partial charge in [0, 0.05) is 20.1 Å². The van der Waals surface area contributed by atoms with E-state index in [4.69, 9.17) is 22.0 Å². The molecular formula is C29H34N6O3S. The molecule has 2 fully saturated rings. The fraction of sp³-hybridized carbons (Fsp3) is 0.483. The molecule has 10 heteroatoms. The van der Waals surface area contributed by atoms with Gasteiger partial charge in [-0.05, 0) is 63.5 Å². The van der Waals surface area contributed by atoms with Crippen molar-refractivity contribution in [1.82, 2.24) is 9.88 Å². The largest absolute Gasteiger partial charge is 0.444 e. The first-order valence-electron chi connectivity index (χ1n) is 13.1. The van der Waals surface area contributed by atoms with Crippen molar-refractivity contribution in [2.24, 2.45) is 5.73 Å². The van der Waals surface area contributed by atoms with Gasteiger partial charge in [-0.2, -0.15) is 5.26 Å². The molecule has 2 amide bonds. The zero-order valence-corrected chi connectivity index (χ0v) is 23.6. The van der Waals surface area contributed by atoms with Gasteiger partial charge in [-0.1, -0.05) is 42.1 Å². The van der Waals surface area contributed by atoms with Crippen molar-refractivity contribution >= 4 is 35.3 Å². The molecule has 2 aliphatic rings. The Morgan fingerprint density at radius 2 is 1.97 bits per heavy atom. The Balaban J connectivity index is 1.73. The van der Waals surface area contributed by atoms with Crippen LogP contribution in [0.3, 0.4) is 0 Å². The first-order chi connectivity index (χ1) is 18.5. The van der Waals surface area contributed by atoms with Crippen molar-refractivity contribution in [1.29, 1.82) is 5.26 Å². The number of pyridine rings is 1. The first kappa shape index (κ1) is 28.3. The lowest BCUT2D eigenvalue weighted by molar-refractivity contribution is -0.117. The Bertz CT molecular complexity index is 1320. The number of carbonyl (C=O) groups is 2. The van der Waals surface area contributed by atoms with Crippen molar-refractivity contribution in [3.63, 3.8) is 0 Å². The number of piperidine rings is 1. The highest BCUT2D eigenvalue weighted by Crippen LogP contribution is 2.51. The second-order valence-corrected chi connectivity index (χ2v) is 12.1. The predicted molar refractivity (Wildman–Crippen MR) is 151 cm³/mol. The number of carbonyl (C=O) groups excluding carboxylic acids is 2. The zero-order valence-electron chi connectivity index (χ0n) is 22.8. The van der Waals surface area contributed by atoms with Crippen LogP contribution in [0, 0.1) is 17.9 Å². The van der Waals surface area contributed by atoms with Gasteiger partial charge in [0.05, 0.1) is 18.2 Å². The quantitative estimate of drug-likeness (QED) is 0.358. The monoisotopic (exact) mass is 546 g/mol. The highest BCUT2D eigenvalue weighted by atomic mass is 32.2. The van der Waals surface area contributed by atoms with Crippen molar-refractivity contribution in [3.8, 4) is 6.07 Å². The summed E-state index contributed by atoms with van der Waals surface area (Å²) < 4.78 is 5.58. The summed E-state index contributed by atoms with van der Waals surface area (Å²) in [6.07, 6.45) is 2.99. The van der Waals surface area contributed by atoms with Crippen molar-refractivity contribution < 1.29 is 14.3 Å². The van der Waals surface area contributed by atoms with Gasteiger partial charge in [-0.25, -0.2) is 14.6 Å². The fourth-order valence-electron chi connectivity index (χ4n) is 4.83. The minimum atomic E-state index is -0.739. The third-order valence-corrected chi connectivity index (χ3v) is 8.14. The number of thioether (sulfide) groups is 1. The number of aromatic nitrogens is 1.